The first-order valence-electron chi connectivity index (χ1n) is 11.6. The normalized spacial score (nSPS) is 19.9. The number of likely N-dealkylation sites (tertiary alicyclic amines) is 1. The average molecular weight is 442 g/mol. The fraction of sp³-hybridized carbons (Fsp3) is 0.542. The van der Waals surface area contributed by atoms with Crippen LogP contribution in [-0.4, -0.2) is 54.5 Å². The lowest BCUT2D eigenvalue weighted by atomic mass is 9.88. The first kappa shape index (κ1) is 22.3. The molecule has 4 rings (SSSR count). The van der Waals surface area contributed by atoms with Crippen molar-refractivity contribution >= 4 is 11.9 Å². The van der Waals surface area contributed by atoms with Gasteiger partial charge in [-0.1, -0.05) is 19.3 Å². The number of nitrogens with zero attached hydrogens (tertiary/aromatic N) is 3. The molecule has 1 unspecified atom stereocenters. The standard InChI is InChI=1S/C24H32FN5O2/c1-26-24(29-20-12-14-30(15-20)23(31)18-5-3-2-4-6-18)27-13-11-21-16-32-22(28-21)17-7-9-19(25)10-8-17/h7-10,16,18,20H,2-6,11-15H2,1H3,(H2,26,27,29). The largest absolute Gasteiger partial charge is 0.444 e. The first-order chi connectivity index (χ1) is 15.6. The van der Waals surface area contributed by atoms with Gasteiger partial charge >= 0.3 is 0 Å². The van der Waals surface area contributed by atoms with E-state index in [9.17, 15) is 9.18 Å². The number of guanidine groups is 1. The fourth-order valence-electron chi connectivity index (χ4n) is 4.53. The summed E-state index contributed by atoms with van der Waals surface area (Å²) in [6, 6.07) is 6.30. The molecule has 32 heavy (non-hydrogen) atoms. The van der Waals surface area contributed by atoms with E-state index in [4.69, 9.17) is 4.42 Å². The molecule has 1 saturated heterocycles. The lowest BCUT2D eigenvalue weighted by molar-refractivity contribution is -0.135. The minimum absolute atomic E-state index is 0.214. The molecule has 2 N–H and O–H groups in total. The monoisotopic (exact) mass is 441 g/mol. The number of benzene rings is 1. The Labute approximate surface area is 188 Å². The third kappa shape index (κ3) is 5.66. The molecule has 0 radical (unpaired) electrons. The van der Waals surface area contributed by atoms with Crippen LogP contribution in [0.25, 0.3) is 11.5 Å². The number of hydrogen-bond donors (Lipinski definition) is 2. The van der Waals surface area contributed by atoms with E-state index in [1.807, 2.05) is 4.90 Å². The van der Waals surface area contributed by atoms with Gasteiger partial charge < -0.3 is 20.0 Å². The zero-order chi connectivity index (χ0) is 22.3. The van der Waals surface area contributed by atoms with Crippen LogP contribution >= 0.6 is 0 Å². The first-order valence-corrected chi connectivity index (χ1v) is 11.6. The second-order valence-corrected chi connectivity index (χ2v) is 8.65. The number of aliphatic imine (C=N–C) groups is 1. The van der Waals surface area contributed by atoms with Crippen LogP contribution < -0.4 is 10.6 Å². The molecule has 0 bridgehead atoms. The smallest absolute Gasteiger partial charge is 0.226 e. The van der Waals surface area contributed by atoms with Gasteiger partial charge in [0.25, 0.3) is 0 Å². The van der Waals surface area contributed by atoms with Gasteiger partial charge in [-0.3, -0.25) is 9.79 Å². The number of amides is 1. The molecule has 1 amide bonds. The van der Waals surface area contributed by atoms with Gasteiger partial charge in [0.1, 0.15) is 12.1 Å². The Bertz CT molecular complexity index is 921. The Morgan fingerprint density at radius 3 is 2.75 bits per heavy atom. The highest BCUT2D eigenvalue weighted by molar-refractivity contribution is 5.81. The summed E-state index contributed by atoms with van der Waals surface area (Å²) in [6.07, 6.45) is 8.94. The topological polar surface area (TPSA) is 82.8 Å². The van der Waals surface area contributed by atoms with Crippen LogP contribution in [0.1, 0.15) is 44.2 Å². The van der Waals surface area contributed by atoms with Gasteiger partial charge in [0.15, 0.2) is 5.96 Å². The van der Waals surface area contributed by atoms with Crippen LogP contribution in [0.5, 0.6) is 0 Å². The van der Waals surface area contributed by atoms with Gasteiger partial charge in [0, 0.05) is 50.6 Å². The number of oxazole rings is 1. The summed E-state index contributed by atoms with van der Waals surface area (Å²) in [4.78, 5) is 23.6. The van der Waals surface area contributed by atoms with Crippen molar-refractivity contribution in [1.29, 1.82) is 0 Å². The van der Waals surface area contributed by atoms with Crippen LogP contribution in [0.4, 0.5) is 4.39 Å². The molecular weight excluding hydrogens is 409 g/mol. The summed E-state index contributed by atoms with van der Waals surface area (Å²) in [6.45, 7) is 2.20. The second-order valence-electron chi connectivity index (χ2n) is 8.65. The minimum Gasteiger partial charge on any atom is -0.444 e. The number of rotatable bonds is 6. The number of nitrogens with one attached hydrogen (secondary N) is 2. The summed E-state index contributed by atoms with van der Waals surface area (Å²) >= 11 is 0. The maximum Gasteiger partial charge on any atom is 0.226 e. The van der Waals surface area contributed by atoms with Crippen molar-refractivity contribution in [3.8, 4) is 11.5 Å². The molecule has 1 atom stereocenters. The number of carbonyl (C=O) groups excluding carboxylic acids is 1. The molecule has 1 saturated carbocycles. The van der Waals surface area contributed by atoms with Gasteiger partial charge in [0.05, 0.1) is 5.69 Å². The Kier molecular flexibility index (Phi) is 7.39. The van der Waals surface area contributed by atoms with E-state index < -0.39 is 0 Å². The van der Waals surface area contributed by atoms with Crippen molar-refractivity contribution in [2.24, 2.45) is 10.9 Å². The molecule has 1 aromatic carbocycles. The summed E-state index contributed by atoms with van der Waals surface area (Å²) in [5.41, 5.74) is 1.56. The quantitative estimate of drug-likeness (QED) is 0.531. The average Bonchev–Trinajstić information content (AvgIpc) is 3.49. The van der Waals surface area contributed by atoms with Crippen molar-refractivity contribution in [3.63, 3.8) is 0 Å². The molecule has 1 aliphatic heterocycles. The zero-order valence-corrected chi connectivity index (χ0v) is 18.6. The summed E-state index contributed by atoms with van der Waals surface area (Å²) < 4.78 is 18.6. The molecule has 172 valence electrons. The zero-order valence-electron chi connectivity index (χ0n) is 18.6. The number of aromatic nitrogens is 1. The van der Waals surface area contributed by atoms with Gasteiger partial charge in [-0.05, 0) is 43.5 Å². The van der Waals surface area contributed by atoms with Crippen molar-refractivity contribution < 1.29 is 13.6 Å². The highest BCUT2D eigenvalue weighted by Crippen LogP contribution is 2.26. The van der Waals surface area contributed by atoms with E-state index in [0.717, 1.165) is 49.6 Å². The van der Waals surface area contributed by atoms with Crippen LogP contribution in [-0.2, 0) is 11.2 Å². The Hall–Kier alpha value is -2.90. The molecule has 8 heteroatoms. The highest BCUT2D eigenvalue weighted by atomic mass is 19.1. The van der Waals surface area contributed by atoms with E-state index in [0.29, 0.717) is 24.8 Å². The SMILES string of the molecule is CN=C(NCCc1coc(-c2ccc(F)cc2)n1)NC1CCN(C(=O)C2CCCCC2)C1. The third-order valence-corrected chi connectivity index (χ3v) is 6.34. The van der Waals surface area contributed by atoms with Gasteiger partial charge in [0.2, 0.25) is 11.8 Å². The molecular formula is C24H32FN5O2. The molecule has 1 aromatic heterocycles. The predicted octanol–water partition coefficient (Wildman–Crippen LogP) is 3.37. The van der Waals surface area contributed by atoms with Crippen LogP contribution in [0.15, 0.2) is 39.9 Å². The summed E-state index contributed by atoms with van der Waals surface area (Å²) in [5.74, 6) is 1.48. The maximum atomic E-state index is 13.1. The van der Waals surface area contributed by atoms with Crippen LogP contribution in [0, 0.1) is 11.7 Å². The molecule has 2 fully saturated rings. The number of carbonyl (C=O) groups is 1. The molecule has 2 aromatic rings. The molecule has 2 heterocycles. The minimum atomic E-state index is -0.285. The maximum absolute atomic E-state index is 13.1. The van der Waals surface area contributed by atoms with Crippen LogP contribution in [0.3, 0.4) is 0 Å². The molecule has 0 spiro atoms. The number of halogens is 1. The van der Waals surface area contributed by atoms with Crippen molar-refractivity contribution in [2.45, 2.75) is 51.0 Å². The van der Waals surface area contributed by atoms with E-state index in [1.54, 1.807) is 25.4 Å². The van der Waals surface area contributed by atoms with Gasteiger partial charge in [-0.15, -0.1) is 0 Å². The Morgan fingerprint density at radius 2 is 2.00 bits per heavy atom. The molecule has 1 aliphatic carbocycles. The highest BCUT2D eigenvalue weighted by Gasteiger charge is 2.31. The van der Waals surface area contributed by atoms with E-state index >= 15 is 0 Å². The van der Waals surface area contributed by atoms with Crippen LogP contribution in [0.2, 0.25) is 0 Å². The van der Waals surface area contributed by atoms with Gasteiger partial charge in [-0.2, -0.15) is 0 Å². The fourth-order valence-corrected chi connectivity index (χ4v) is 4.53. The van der Waals surface area contributed by atoms with Gasteiger partial charge in [-0.25, -0.2) is 9.37 Å². The van der Waals surface area contributed by atoms with Crippen molar-refractivity contribution in [2.75, 3.05) is 26.7 Å². The Balaban J connectivity index is 1.21. The second kappa shape index (κ2) is 10.6. The van der Waals surface area contributed by atoms with Crippen molar-refractivity contribution in [3.05, 3.63) is 42.0 Å². The number of hydrogen-bond acceptors (Lipinski definition) is 4. The van der Waals surface area contributed by atoms with E-state index in [2.05, 4.69) is 20.6 Å². The van der Waals surface area contributed by atoms with E-state index in [1.165, 1.54) is 31.4 Å². The Morgan fingerprint density at radius 1 is 1.22 bits per heavy atom. The summed E-state index contributed by atoms with van der Waals surface area (Å²) in [7, 11) is 1.75. The molecule has 7 nitrogen and oxygen atoms in total. The molecule has 2 aliphatic rings. The lowest BCUT2D eigenvalue weighted by Gasteiger charge is -2.26. The van der Waals surface area contributed by atoms with E-state index in [-0.39, 0.29) is 17.8 Å². The summed E-state index contributed by atoms with van der Waals surface area (Å²) in [5, 5.41) is 6.75. The lowest BCUT2D eigenvalue weighted by Crippen LogP contribution is -2.46. The third-order valence-electron chi connectivity index (χ3n) is 6.34. The van der Waals surface area contributed by atoms with Crippen molar-refractivity contribution in [1.82, 2.24) is 20.5 Å². The predicted molar refractivity (Wildman–Crippen MR) is 122 cm³/mol.